The van der Waals surface area contributed by atoms with E-state index in [0.717, 1.165) is 18.3 Å². The highest BCUT2D eigenvalue weighted by molar-refractivity contribution is 5.67. The van der Waals surface area contributed by atoms with Gasteiger partial charge in [-0.3, -0.25) is 5.10 Å². The highest BCUT2D eigenvalue weighted by atomic mass is 15.1. The molecule has 0 amide bonds. The predicted octanol–water partition coefficient (Wildman–Crippen LogP) is 2.95. The van der Waals surface area contributed by atoms with Gasteiger partial charge in [0, 0.05) is 23.7 Å². The molecule has 2 aromatic rings. The summed E-state index contributed by atoms with van der Waals surface area (Å²) in [6, 6.07) is 7.27. The average Bonchev–Trinajstić information content (AvgIpc) is 3.08. The second-order valence-electron chi connectivity index (χ2n) is 5.24. The third-order valence-electron chi connectivity index (χ3n) is 3.54. The first-order valence-electron chi connectivity index (χ1n) is 6.57. The minimum atomic E-state index is 0.728. The normalized spacial score (nSPS) is 15.0. The van der Waals surface area contributed by atoms with E-state index in [0.29, 0.717) is 0 Å². The second-order valence-corrected chi connectivity index (χ2v) is 5.24. The van der Waals surface area contributed by atoms with E-state index in [9.17, 15) is 0 Å². The van der Waals surface area contributed by atoms with Crippen LogP contribution >= 0.6 is 0 Å². The first kappa shape index (κ1) is 11.5. The summed E-state index contributed by atoms with van der Waals surface area (Å²) in [6.07, 6.45) is 4.57. The third kappa shape index (κ3) is 2.31. The van der Waals surface area contributed by atoms with Crippen LogP contribution in [0.25, 0.3) is 11.3 Å². The molecule has 3 rings (SSSR count). The molecule has 3 nitrogen and oxygen atoms in total. The van der Waals surface area contributed by atoms with Gasteiger partial charge in [-0.2, -0.15) is 5.10 Å². The van der Waals surface area contributed by atoms with Crippen LogP contribution in [0.2, 0.25) is 0 Å². The molecule has 1 saturated carbocycles. The molecule has 0 atom stereocenters. The molecular formula is C15H19N3. The monoisotopic (exact) mass is 241 g/mol. The van der Waals surface area contributed by atoms with Gasteiger partial charge in [-0.15, -0.1) is 0 Å². The second kappa shape index (κ2) is 4.58. The largest absolute Gasteiger partial charge is 0.310 e. The molecule has 1 fully saturated rings. The summed E-state index contributed by atoms with van der Waals surface area (Å²) in [7, 11) is 0. The molecule has 0 bridgehead atoms. The van der Waals surface area contributed by atoms with E-state index in [2.05, 4.69) is 47.6 Å². The van der Waals surface area contributed by atoms with Crippen molar-refractivity contribution in [3.63, 3.8) is 0 Å². The fraction of sp³-hybridized carbons (Fsp3) is 0.400. The van der Waals surface area contributed by atoms with Gasteiger partial charge in [0.2, 0.25) is 0 Å². The Morgan fingerprint density at radius 2 is 2.17 bits per heavy atom. The molecule has 1 aromatic heterocycles. The molecule has 1 heterocycles. The Bertz CT molecular complexity index is 553. The molecular weight excluding hydrogens is 222 g/mol. The van der Waals surface area contributed by atoms with Crippen LogP contribution in [0.15, 0.2) is 24.4 Å². The minimum absolute atomic E-state index is 0.728. The van der Waals surface area contributed by atoms with Crippen molar-refractivity contribution >= 4 is 0 Å². The molecule has 1 aliphatic rings. The van der Waals surface area contributed by atoms with Gasteiger partial charge in [0.25, 0.3) is 0 Å². The fourth-order valence-corrected chi connectivity index (χ4v) is 2.23. The van der Waals surface area contributed by atoms with Crippen molar-refractivity contribution in [3.05, 3.63) is 41.1 Å². The van der Waals surface area contributed by atoms with Crippen LogP contribution in [0.5, 0.6) is 0 Å². The smallest absolute Gasteiger partial charge is 0.0697 e. The van der Waals surface area contributed by atoms with Gasteiger partial charge in [-0.1, -0.05) is 17.7 Å². The van der Waals surface area contributed by atoms with Crippen molar-refractivity contribution in [2.75, 3.05) is 0 Å². The van der Waals surface area contributed by atoms with E-state index in [4.69, 9.17) is 0 Å². The molecule has 0 aliphatic heterocycles. The van der Waals surface area contributed by atoms with Crippen molar-refractivity contribution in [2.24, 2.45) is 0 Å². The van der Waals surface area contributed by atoms with E-state index in [1.165, 1.54) is 35.1 Å². The molecule has 0 radical (unpaired) electrons. The molecule has 18 heavy (non-hydrogen) atoms. The predicted molar refractivity (Wildman–Crippen MR) is 73.4 cm³/mol. The van der Waals surface area contributed by atoms with Crippen LogP contribution in [-0.4, -0.2) is 16.2 Å². The van der Waals surface area contributed by atoms with Crippen LogP contribution < -0.4 is 5.32 Å². The van der Waals surface area contributed by atoms with Crippen molar-refractivity contribution in [1.82, 2.24) is 15.5 Å². The van der Waals surface area contributed by atoms with Crippen LogP contribution in [0, 0.1) is 13.8 Å². The maximum absolute atomic E-state index is 4.20. The van der Waals surface area contributed by atoms with Gasteiger partial charge in [-0.25, -0.2) is 0 Å². The number of hydrogen-bond donors (Lipinski definition) is 2. The molecule has 3 heteroatoms. The Labute approximate surface area is 108 Å². The van der Waals surface area contributed by atoms with Crippen LogP contribution in [0.3, 0.4) is 0 Å². The molecule has 0 unspecified atom stereocenters. The van der Waals surface area contributed by atoms with E-state index in [-0.39, 0.29) is 0 Å². The van der Waals surface area contributed by atoms with Crippen LogP contribution in [-0.2, 0) is 6.54 Å². The van der Waals surface area contributed by atoms with Crippen molar-refractivity contribution < 1.29 is 0 Å². The number of aromatic nitrogens is 2. The number of nitrogens with zero attached hydrogens (tertiary/aromatic N) is 1. The highest BCUT2D eigenvalue weighted by Crippen LogP contribution is 2.26. The Morgan fingerprint density at radius 1 is 1.33 bits per heavy atom. The van der Waals surface area contributed by atoms with E-state index in [1.807, 2.05) is 6.20 Å². The summed E-state index contributed by atoms with van der Waals surface area (Å²) < 4.78 is 0. The topological polar surface area (TPSA) is 40.7 Å². The van der Waals surface area contributed by atoms with Gasteiger partial charge < -0.3 is 5.32 Å². The summed E-state index contributed by atoms with van der Waals surface area (Å²) in [5.74, 6) is 0. The number of benzene rings is 1. The summed E-state index contributed by atoms with van der Waals surface area (Å²) in [5, 5.41) is 10.9. The Balaban J connectivity index is 1.90. The number of nitrogens with one attached hydrogen (secondary N) is 2. The fourth-order valence-electron chi connectivity index (χ4n) is 2.23. The van der Waals surface area contributed by atoms with E-state index >= 15 is 0 Å². The lowest BCUT2D eigenvalue weighted by Crippen LogP contribution is -2.15. The Kier molecular flexibility index (Phi) is 2.92. The van der Waals surface area contributed by atoms with Gasteiger partial charge in [0.15, 0.2) is 0 Å². The summed E-state index contributed by atoms with van der Waals surface area (Å²) in [4.78, 5) is 0. The molecule has 2 N–H and O–H groups in total. The van der Waals surface area contributed by atoms with Crippen molar-refractivity contribution in [2.45, 2.75) is 39.3 Å². The zero-order valence-corrected chi connectivity index (χ0v) is 11.0. The number of aryl methyl sites for hydroxylation is 2. The van der Waals surface area contributed by atoms with Gasteiger partial charge in [-0.05, 0) is 38.3 Å². The number of H-pyrrole nitrogens is 1. The maximum Gasteiger partial charge on any atom is 0.0697 e. The first-order valence-corrected chi connectivity index (χ1v) is 6.57. The molecule has 0 saturated heterocycles. The average molecular weight is 241 g/mol. The quantitative estimate of drug-likeness (QED) is 0.864. The Morgan fingerprint density at radius 3 is 2.94 bits per heavy atom. The van der Waals surface area contributed by atoms with Crippen LogP contribution in [0.1, 0.15) is 29.5 Å². The van der Waals surface area contributed by atoms with Crippen molar-refractivity contribution in [1.29, 1.82) is 0 Å². The van der Waals surface area contributed by atoms with Crippen LogP contribution in [0.4, 0.5) is 0 Å². The van der Waals surface area contributed by atoms with Gasteiger partial charge >= 0.3 is 0 Å². The van der Waals surface area contributed by atoms with Gasteiger partial charge in [0.1, 0.15) is 0 Å². The summed E-state index contributed by atoms with van der Waals surface area (Å²) in [6.45, 7) is 5.18. The zero-order valence-electron chi connectivity index (χ0n) is 11.0. The maximum atomic E-state index is 4.20. The van der Waals surface area contributed by atoms with E-state index in [1.54, 1.807) is 0 Å². The number of hydrogen-bond acceptors (Lipinski definition) is 2. The molecule has 0 spiro atoms. The number of rotatable bonds is 4. The molecule has 94 valence electrons. The Hall–Kier alpha value is -1.61. The number of aromatic amines is 1. The van der Waals surface area contributed by atoms with Crippen molar-refractivity contribution in [3.8, 4) is 11.3 Å². The lowest BCUT2D eigenvalue weighted by Gasteiger charge is -2.08. The highest BCUT2D eigenvalue weighted by Gasteiger charge is 2.21. The molecule has 1 aliphatic carbocycles. The standard InChI is InChI=1S/C15H19N3/c1-10-3-4-11(2)14(7-10)15-12(9-17-18-15)8-16-13-5-6-13/h3-4,7,9,13,16H,5-6,8H2,1-2H3,(H,17,18). The third-order valence-corrected chi connectivity index (χ3v) is 3.54. The lowest BCUT2D eigenvalue weighted by atomic mass is 10.0. The molecule has 1 aromatic carbocycles. The van der Waals surface area contributed by atoms with E-state index < -0.39 is 0 Å². The summed E-state index contributed by atoms with van der Waals surface area (Å²) in [5.41, 5.74) is 6.25. The lowest BCUT2D eigenvalue weighted by molar-refractivity contribution is 0.689. The first-order chi connectivity index (χ1) is 8.74. The minimum Gasteiger partial charge on any atom is -0.310 e. The van der Waals surface area contributed by atoms with Gasteiger partial charge in [0.05, 0.1) is 11.9 Å². The zero-order chi connectivity index (χ0) is 12.5. The SMILES string of the molecule is Cc1ccc(C)c(-c2[nH]ncc2CNC2CC2)c1. The summed E-state index contributed by atoms with van der Waals surface area (Å²) >= 11 is 0.